The normalized spacial score (nSPS) is 16.3. The van der Waals surface area contributed by atoms with E-state index in [1.807, 2.05) is 12.1 Å². The summed E-state index contributed by atoms with van der Waals surface area (Å²) in [6.45, 7) is 2.57. The summed E-state index contributed by atoms with van der Waals surface area (Å²) in [5.41, 5.74) is 0.511. The molecular weight excluding hydrogens is 339 g/mol. The van der Waals surface area contributed by atoms with Gasteiger partial charge in [0.05, 0.1) is 24.2 Å². The minimum atomic E-state index is -0.434. The van der Waals surface area contributed by atoms with Crippen molar-refractivity contribution in [2.24, 2.45) is 5.41 Å². The van der Waals surface area contributed by atoms with Crippen molar-refractivity contribution in [1.29, 1.82) is 0 Å². The van der Waals surface area contributed by atoms with Crippen LogP contribution in [-0.4, -0.2) is 39.8 Å². The first-order valence-corrected chi connectivity index (χ1v) is 7.79. The van der Waals surface area contributed by atoms with Gasteiger partial charge < -0.3 is 20.1 Å². The number of rotatable bonds is 6. The number of hydrogen-bond donors (Lipinski definition) is 2. The molecule has 0 radical (unpaired) electrons. The Balaban J connectivity index is 0.00000264. The summed E-state index contributed by atoms with van der Waals surface area (Å²) >= 11 is 6.10. The van der Waals surface area contributed by atoms with Crippen LogP contribution in [0.25, 0.3) is 0 Å². The van der Waals surface area contributed by atoms with E-state index in [0.29, 0.717) is 23.9 Å². The molecule has 0 bridgehead atoms. The molecule has 0 aliphatic carbocycles. The molecule has 2 N–H and O–H groups in total. The van der Waals surface area contributed by atoms with Gasteiger partial charge in [0.2, 0.25) is 5.91 Å². The predicted octanol–water partition coefficient (Wildman–Crippen LogP) is 2.40. The standard InChI is InChI=1S/C16H23ClN2O3.ClH/c1-21-11-16(5-7-18-8-6-16)15(20)19-10-12-3-4-14(22-2)13(17)9-12;/h3-4,9,18H,5-8,10-11H2,1-2H3,(H,19,20);1H. The van der Waals surface area contributed by atoms with Crippen LogP contribution in [0.15, 0.2) is 18.2 Å². The molecule has 7 heteroatoms. The molecule has 0 aromatic heterocycles. The van der Waals surface area contributed by atoms with Crippen LogP contribution in [0.5, 0.6) is 5.75 Å². The lowest BCUT2D eigenvalue weighted by atomic mass is 9.78. The third kappa shape index (κ3) is 4.98. The lowest BCUT2D eigenvalue weighted by molar-refractivity contribution is -0.136. The SMILES string of the molecule is COCC1(C(=O)NCc2ccc(OC)c(Cl)c2)CCNCC1.Cl. The predicted molar refractivity (Wildman–Crippen MR) is 93.5 cm³/mol. The van der Waals surface area contributed by atoms with Gasteiger partial charge in [-0.25, -0.2) is 0 Å². The van der Waals surface area contributed by atoms with Gasteiger partial charge in [-0.15, -0.1) is 12.4 Å². The summed E-state index contributed by atoms with van der Waals surface area (Å²) in [4.78, 5) is 12.6. The topological polar surface area (TPSA) is 59.6 Å². The first-order valence-electron chi connectivity index (χ1n) is 7.42. The molecule has 1 aromatic carbocycles. The van der Waals surface area contributed by atoms with E-state index in [1.54, 1.807) is 20.3 Å². The highest BCUT2D eigenvalue weighted by Gasteiger charge is 2.39. The lowest BCUT2D eigenvalue weighted by Gasteiger charge is -2.35. The summed E-state index contributed by atoms with van der Waals surface area (Å²) in [7, 11) is 3.22. The van der Waals surface area contributed by atoms with Gasteiger partial charge in [-0.1, -0.05) is 17.7 Å². The van der Waals surface area contributed by atoms with E-state index in [2.05, 4.69) is 10.6 Å². The second-order valence-corrected chi connectivity index (χ2v) is 6.02. The van der Waals surface area contributed by atoms with E-state index in [0.717, 1.165) is 31.5 Å². The van der Waals surface area contributed by atoms with Crippen LogP contribution in [0.1, 0.15) is 18.4 Å². The number of ether oxygens (including phenoxy) is 2. The zero-order valence-corrected chi connectivity index (χ0v) is 15.1. The number of carbonyl (C=O) groups excluding carboxylic acids is 1. The van der Waals surface area contributed by atoms with E-state index in [-0.39, 0.29) is 18.3 Å². The first-order chi connectivity index (χ1) is 10.6. The Morgan fingerprint density at radius 2 is 2.04 bits per heavy atom. The fourth-order valence-electron chi connectivity index (χ4n) is 2.81. The molecule has 2 rings (SSSR count). The number of piperidine rings is 1. The van der Waals surface area contributed by atoms with Gasteiger partial charge in [0, 0.05) is 13.7 Å². The average molecular weight is 363 g/mol. The zero-order chi connectivity index (χ0) is 16.0. The lowest BCUT2D eigenvalue weighted by Crippen LogP contribution is -2.49. The number of nitrogens with one attached hydrogen (secondary N) is 2. The molecule has 1 amide bonds. The van der Waals surface area contributed by atoms with Gasteiger partial charge >= 0.3 is 0 Å². The Hall–Kier alpha value is -1.01. The molecular formula is C16H24Cl2N2O3. The van der Waals surface area contributed by atoms with Crippen molar-refractivity contribution in [2.75, 3.05) is 33.9 Å². The number of carbonyl (C=O) groups is 1. The quantitative estimate of drug-likeness (QED) is 0.815. The largest absolute Gasteiger partial charge is 0.495 e. The molecule has 1 heterocycles. The van der Waals surface area contributed by atoms with Crippen LogP contribution in [-0.2, 0) is 16.1 Å². The van der Waals surface area contributed by atoms with E-state index >= 15 is 0 Å². The Labute approximate surface area is 148 Å². The maximum atomic E-state index is 12.6. The smallest absolute Gasteiger partial charge is 0.228 e. The Bertz CT molecular complexity index is 515. The van der Waals surface area contributed by atoms with E-state index < -0.39 is 5.41 Å². The van der Waals surface area contributed by atoms with Gasteiger partial charge in [0.15, 0.2) is 0 Å². The van der Waals surface area contributed by atoms with Gasteiger partial charge in [-0.2, -0.15) is 0 Å². The zero-order valence-electron chi connectivity index (χ0n) is 13.5. The van der Waals surface area contributed by atoms with Crippen LogP contribution < -0.4 is 15.4 Å². The fraction of sp³-hybridized carbons (Fsp3) is 0.562. The number of amides is 1. The van der Waals surface area contributed by atoms with E-state index in [9.17, 15) is 4.79 Å². The van der Waals surface area contributed by atoms with Crippen LogP contribution >= 0.6 is 24.0 Å². The molecule has 1 saturated heterocycles. The minimum Gasteiger partial charge on any atom is -0.495 e. The summed E-state index contributed by atoms with van der Waals surface area (Å²) in [6, 6.07) is 5.52. The van der Waals surface area contributed by atoms with Crippen molar-refractivity contribution < 1.29 is 14.3 Å². The summed E-state index contributed by atoms with van der Waals surface area (Å²) < 4.78 is 10.4. The highest BCUT2D eigenvalue weighted by Crippen LogP contribution is 2.30. The molecule has 5 nitrogen and oxygen atoms in total. The van der Waals surface area contributed by atoms with Crippen LogP contribution in [0.3, 0.4) is 0 Å². The molecule has 1 aliphatic rings. The van der Waals surface area contributed by atoms with Crippen LogP contribution in [0, 0.1) is 5.41 Å². The average Bonchev–Trinajstić information content (AvgIpc) is 2.54. The summed E-state index contributed by atoms with van der Waals surface area (Å²) in [6.07, 6.45) is 1.58. The molecule has 130 valence electrons. The van der Waals surface area contributed by atoms with Crippen LogP contribution in [0.2, 0.25) is 5.02 Å². The highest BCUT2D eigenvalue weighted by atomic mass is 35.5. The van der Waals surface area contributed by atoms with Crippen molar-refractivity contribution >= 4 is 29.9 Å². The third-order valence-electron chi connectivity index (χ3n) is 4.13. The number of methoxy groups -OCH3 is 2. The van der Waals surface area contributed by atoms with Crippen molar-refractivity contribution in [3.8, 4) is 5.75 Å². The van der Waals surface area contributed by atoms with Crippen molar-refractivity contribution in [3.05, 3.63) is 28.8 Å². The van der Waals surface area contributed by atoms with E-state index in [4.69, 9.17) is 21.1 Å². The molecule has 0 atom stereocenters. The molecule has 0 spiro atoms. The van der Waals surface area contributed by atoms with Gasteiger partial charge in [-0.3, -0.25) is 4.79 Å². The Morgan fingerprint density at radius 3 is 2.61 bits per heavy atom. The molecule has 0 unspecified atom stereocenters. The Kier molecular flexibility index (Phi) is 8.12. The number of hydrogen-bond acceptors (Lipinski definition) is 4. The second kappa shape index (κ2) is 9.33. The van der Waals surface area contributed by atoms with Gasteiger partial charge in [0.1, 0.15) is 5.75 Å². The first kappa shape index (κ1) is 20.0. The fourth-order valence-corrected chi connectivity index (χ4v) is 3.09. The minimum absolute atomic E-state index is 0. The summed E-state index contributed by atoms with van der Waals surface area (Å²) in [5.74, 6) is 0.675. The monoisotopic (exact) mass is 362 g/mol. The van der Waals surface area contributed by atoms with Crippen molar-refractivity contribution in [3.63, 3.8) is 0 Å². The molecule has 0 saturated carbocycles. The Morgan fingerprint density at radius 1 is 1.35 bits per heavy atom. The van der Waals surface area contributed by atoms with Crippen molar-refractivity contribution in [2.45, 2.75) is 19.4 Å². The molecule has 1 aliphatic heterocycles. The van der Waals surface area contributed by atoms with Gasteiger partial charge in [0.25, 0.3) is 0 Å². The number of benzene rings is 1. The van der Waals surface area contributed by atoms with E-state index in [1.165, 1.54) is 0 Å². The van der Waals surface area contributed by atoms with Crippen LogP contribution in [0.4, 0.5) is 0 Å². The highest BCUT2D eigenvalue weighted by molar-refractivity contribution is 6.32. The van der Waals surface area contributed by atoms with Gasteiger partial charge in [-0.05, 0) is 43.6 Å². The maximum Gasteiger partial charge on any atom is 0.228 e. The molecule has 1 fully saturated rings. The third-order valence-corrected chi connectivity index (χ3v) is 4.43. The summed E-state index contributed by atoms with van der Waals surface area (Å²) in [5, 5.41) is 6.84. The number of halogens is 2. The maximum absolute atomic E-state index is 12.6. The second-order valence-electron chi connectivity index (χ2n) is 5.61. The molecule has 1 aromatic rings. The van der Waals surface area contributed by atoms with Crippen molar-refractivity contribution in [1.82, 2.24) is 10.6 Å². The molecule has 23 heavy (non-hydrogen) atoms.